The number of morpholine rings is 1. The number of sulfone groups is 1. The van der Waals surface area contributed by atoms with Crippen molar-refractivity contribution in [3.05, 3.63) is 54.1 Å². The first-order valence-electron chi connectivity index (χ1n) is 11.7. The largest absolute Gasteiger partial charge is 0.497 e. The van der Waals surface area contributed by atoms with Crippen molar-refractivity contribution >= 4 is 27.1 Å². The Balaban J connectivity index is 1.34. The Morgan fingerprint density at radius 2 is 1.82 bits per heavy atom. The molecule has 184 valence electrons. The zero-order valence-electron chi connectivity index (χ0n) is 19.6. The Morgan fingerprint density at radius 3 is 2.44 bits per heavy atom. The first-order chi connectivity index (χ1) is 16.4. The maximum absolute atomic E-state index is 12.7. The summed E-state index contributed by atoms with van der Waals surface area (Å²) in [6, 6.07) is 15.5. The number of ether oxygens (including phenoxy) is 2. The van der Waals surface area contributed by atoms with Crippen LogP contribution in [0.2, 0.25) is 0 Å². The molecule has 2 aliphatic rings. The SMILES string of the molecule is COc1ccc(CN(CCC(=O)Nc2ccc(N3CCOCC3)cc2)C2CCS(=O)(=O)C2)cc1. The summed E-state index contributed by atoms with van der Waals surface area (Å²) in [5.74, 6) is 1.05. The third-order valence-electron chi connectivity index (χ3n) is 6.42. The minimum absolute atomic E-state index is 0.0762. The van der Waals surface area contributed by atoms with Gasteiger partial charge in [0.05, 0.1) is 31.8 Å². The second-order valence-electron chi connectivity index (χ2n) is 8.82. The van der Waals surface area contributed by atoms with Crippen LogP contribution in [0.25, 0.3) is 0 Å². The molecule has 1 N–H and O–H groups in total. The van der Waals surface area contributed by atoms with Gasteiger partial charge in [0, 0.05) is 50.0 Å². The van der Waals surface area contributed by atoms with Gasteiger partial charge in [-0.3, -0.25) is 9.69 Å². The molecule has 0 saturated carbocycles. The van der Waals surface area contributed by atoms with Gasteiger partial charge in [0.2, 0.25) is 5.91 Å². The zero-order chi connectivity index (χ0) is 24.0. The molecule has 2 aromatic carbocycles. The van der Waals surface area contributed by atoms with Crippen molar-refractivity contribution in [1.29, 1.82) is 0 Å². The van der Waals surface area contributed by atoms with Crippen LogP contribution in [-0.2, 0) is 25.9 Å². The summed E-state index contributed by atoms with van der Waals surface area (Å²) < 4.78 is 34.8. The second-order valence-corrected chi connectivity index (χ2v) is 11.0. The summed E-state index contributed by atoms with van der Waals surface area (Å²) in [4.78, 5) is 17.1. The lowest BCUT2D eigenvalue weighted by Gasteiger charge is -2.29. The number of amides is 1. The standard InChI is InChI=1S/C25H33N3O5S/c1-32-24-8-2-20(3-9-24)18-28(23-11-17-34(30,31)19-23)12-10-25(29)26-21-4-6-22(7-5-21)27-13-15-33-16-14-27/h2-9,23H,10-19H2,1H3,(H,26,29). The van der Waals surface area contributed by atoms with E-state index >= 15 is 0 Å². The molecule has 0 radical (unpaired) electrons. The van der Waals surface area contributed by atoms with E-state index in [0.29, 0.717) is 19.5 Å². The van der Waals surface area contributed by atoms with Crippen molar-refractivity contribution in [2.75, 3.05) is 61.7 Å². The molecule has 0 spiro atoms. The minimum Gasteiger partial charge on any atom is -0.497 e. The Bertz CT molecular complexity index is 1050. The molecule has 1 atom stereocenters. The fourth-order valence-corrected chi connectivity index (χ4v) is 6.23. The molecule has 2 fully saturated rings. The van der Waals surface area contributed by atoms with Crippen LogP contribution in [0, 0.1) is 0 Å². The van der Waals surface area contributed by atoms with Crippen LogP contribution in [0.5, 0.6) is 5.75 Å². The summed E-state index contributed by atoms with van der Waals surface area (Å²) in [7, 11) is -1.39. The highest BCUT2D eigenvalue weighted by molar-refractivity contribution is 7.91. The first-order valence-corrected chi connectivity index (χ1v) is 13.5. The number of hydrogen-bond donors (Lipinski definition) is 1. The summed E-state index contributed by atoms with van der Waals surface area (Å²) in [5, 5.41) is 2.97. The van der Waals surface area contributed by atoms with Crippen molar-refractivity contribution in [3.8, 4) is 5.75 Å². The number of rotatable bonds is 9. The number of carbonyl (C=O) groups is 1. The van der Waals surface area contributed by atoms with Gasteiger partial charge in [-0.05, 0) is 48.4 Å². The molecule has 0 bridgehead atoms. The van der Waals surface area contributed by atoms with Crippen LogP contribution >= 0.6 is 0 Å². The van der Waals surface area contributed by atoms with Crippen LogP contribution in [0.3, 0.4) is 0 Å². The molecule has 0 aromatic heterocycles. The van der Waals surface area contributed by atoms with Crippen molar-refractivity contribution in [2.45, 2.75) is 25.4 Å². The Hall–Kier alpha value is -2.62. The van der Waals surface area contributed by atoms with E-state index < -0.39 is 9.84 Å². The molecule has 8 nitrogen and oxygen atoms in total. The Kier molecular flexibility index (Phi) is 8.07. The highest BCUT2D eigenvalue weighted by Gasteiger charge is 2.32. The van der Waals surface area contributed by atoms with Gasteiger partial charge in [-0.25, -0.2) is 8.42 Å². The molecule has 2 aromatic rings. The number of hydrogen-bond acceptors (Lipinski definition) is 7. The molecule has 34 heavy (non-hydrogen) atoms. The van der Waals surface area contributed by atoms with Gasteiger partial charge < -0.3 is 19.7 Å². The number of methoxy groups -OCH3 is 1. The van der Waals surface area contributed by atoms with E-state index in [2.05, 4.69) is 15.1 Å². The Labute approximate surface area is 201 Å². The maximum Gasteiger partial charge on any atom is 0.225 e. The smallest absolute Gasteiger partial charge is 0.225 e. The number of nitrogens with zero attached hydrogens (tertiary/aromatic N) is 2. The predicted octanol–water partition coefficient (Wildman–Crippen LogP) is 2.55. The molecule has 2 saturated heterocycles. The topological polar surface area (TPSA) is 88.2 Å². The number of carbonyl (C=O) groups excluding carboxylic acids is 1. The average molecular weight is 488 g/mol. The third kappa shape index (κ3) is 6.71. The lowest BCUT2D eigenvalue weighted by atomic mass is 10.1. The maximum atomic E-state index is 12.7. The van der Waals surface area contributed by atoms with E-state index in [-0.39, 0.29) is 29.9 Å². The zero-order valence-corrected chi connectivity index (χ0v) is 20.4. The van der Waals surface area contributed by atoms with Crippen molar-refractivity contribution in [2.24, 2.45) is 0 Å². The van der Waals surface area contributed by atoms with E-state index in [1.54, 1.807) is 7.11 Å². The monoisotopic (exact) mass is 487 g/mol. The molecule has 9 heteroatoms. The highest BCUT2D eigenvalue weighted by Crippen LogP contribution is 2.22. The van der Waals surface area contributed by atoms with Crippen LogP contribution in [0.15, 0.2) is 48.5 Å². The van der Waals surface area contributed by atoms with Gasteiger partial charge >= 0.3 is 0 Å². The van der Waals surface area contributed by atoms with Crippen molar-refractivity contribution < 1.29 is 22.7 Å². The van der Waals surface area contributed by atoms with Crippen molar-refractivity contribution in [3.63, 3.8) is 0 Å². The van der Waals surface area contributed by atoms with Crippen LogP contribution < -0.4 is 15.0 Å². The fourth-order valence-electron chi connectivity index (χ4n) is 4.47. The highest BCUT2D eigenvalue weighted by atomic mass is 32.2. The second kappa shape index (κ2) is 11.2. The Morgan fingerprint density at radius 1 is 1.12 bits per heavy atom. The quantitative estimate of drug-likeness (QED) is 0.582. The molecule has 1 amide bonds. The molecular weight excluding hydrogens is 454 g/mol. The summed E-state index contributed by atoms with van der Waals surface area (Å²) >= 11 is 0. The lowest BCUT2D eigenvalue weighted by Crippen LogP contribution is -2.37. The first kappa shape index (κ1) is 24.5. The van der Waals surface area contributed by atoms with Crippen LogP contribution in [0.4, 0.5) is 11.4 Å². The summed E-state index contributed by atoms with van der Waals surface area (Å²) in [5.41, 5.74) is 2.94. The van der Waals surface area contributed by atoms with E-state index in [1.807, 2.05) is 48.5 Å². The number of nitrogens with one attached hydrogen (secondary N) is 1. The number of anilines is 2. The van der Waals surface area contributed by atoms with Crippen LogP contribution in [0.1, 0.15) is 18.4 Å². The van der Waals surface area contributed by atoms with E-state index in [4.69, 9.17) is 9.47 Å². The van der Waals surface area contributed by atoms with Gasteiger partial charge in [0.1, 0.15) is 5.75 Å². The third-order valence-corrected chi connectivity index (χ3v) is 8.17. The van der Waals surface area contributed by atoms with E-state index in [0.717, 1.165) is 49.0 Å². The molecule has 2 aliphatic heterocycles. The summed E-state index contributed by atoms with van der Waals surface area (Å²) in [6.45, 7) is 4.27. The fraction of sp³-hybridized carbons (Fsp3) is 0.480. The summed E-state index contributed by atoms with van der Waals surface area (Å²) in [6.07, 6.45) is 0.890. The van der Waals surface area contributed by atoms with Gasteiger partial charge in [0.15, 0.2) is 9.84 Å². The molecular formula is C25H33N3O5S. The molecule has 0 aliphatic carbocycles. The average Bonchev–Trinajstić information content (AvgIpc) is 3.22. The van der Waals surface area contributed by atoms with Crippen LogP contribution in [-0.4, -0.2) is 76.7 Å². The number of benzene rings is 2. The van der Waals surface area contributed by atoms with E-state index in [9.17, 15) is 13.2 Å². The lowest BCUT2D eigenvalue weighted by molar-refractivity contribution is -0.116. The van der Waals surface area contributed by atoms with Crippen molar-refractivity contribution in [1.82, 2.24) is 4.90 Å². The molecule has 2 heterocycles. The van der Waals surface area contributed by atoms with Gasteiger partial charge in [0.25, 0.3) is 0 Å². The normalized spacial score (nSPS) is 19.8. The predicted molar refractivity (Wildman–Crippen MR) is 133 cm³/mol. The molecule has 1 unspecified atom stereocenters. The van der Waals surface area contributed by atoms with Gasteiger partial charge in [-0.2, -0.15) is 0 Å². The van der Waals surface area contributed by atoms with Gasteiger partial charge in [-0.1, -0.05) is 12.1 Å². The minimum atomic E-state index is -3.02. The van der Waals surface area contributed by atoms with Gasteiger partial charge in [-0.15, -0.1) is 0 Å². The van der Waals surface area contributed by atoms with E-state index in [1.165, 1.54) is 0 Å². The molecule has 4 rings (SSSR count).